The summed E-state index contributed by atoms with van der Waals surface area (Å²) in [7, 11) is 1.62. The number of carbonyl (C=O) groups excluding carboxylic acids is 1. The Hall–Kier alpha value is -3.80. The minimum absolute atomic E-state index is 0.0716. The Morgan fingerprint density at radius 1 is 1.03 bits per heavy atom. The number of nitrogens with zero attached hydrogens (tertiary/aromatic N) is 1. The van der Waals surface area contributed by atoms with Gasteiger partial charge in [0, 0.05) is 11.3 Å². The van der Waals surface area contributed by atoms with E-state index in [9.17, 15) is 4.79 Å². The third-order valence-electron chi connectivity index (χ3n) is 4.70. The molecule has 152 valence electrons. The second-order valence-electron chi connectivity index (χ2n) is 7.04. The maximum absolute atomic E-state index is 12.3. The molecule has 1 N–H and O–H groups in total. The van der Waals surface area contributed by atoms with Gasteiger partial charge in [0.1, 0.15) is 17.0 Å². The quantitative estimate of drug-likeness (QED) is 0.483. The molecule has 0 saturated heterocycles. The topological polar surface area (TPSA) is 73.6 Å². The van der Waals surface area contributed by atoms with Gasteiger partial charge < -0.3 is 19.2 Å². The Balaban J connectivity index is 1.44. The predicted molar refractivity (Wildman–Crippen MR) is 116 cm³/mol. The number of hydrogen-bond donors (Lipinski definition) is 1. The van der Waals surface area contributed by atoms with Crippen LogP contribution in [0.3, 0.4) is 0 Å². The summed E-state index contributed by atoms with van der Waals surface area (Å²) in [6.07, 6.45) is 0. The first-order valence-electron chi connectivity index (χ1n) is 9.57. The van der Waals surface area contributed by atoms with Crippen LogP contribution < -0.4 is 14.8 Å². The fraction of sp³-hybridized carbons (Fsp3) is 0.167. The Morgan fingerprint density at radius 2 is 1.83 bits per heavy atom. The molecular weight excluding hydrogens is 380 g/mol. The van der Waals surface area contributed by atoms with Gasteiger partial charge in [-0.25, -0.2) is 4.98 Å². The van der Waals surface area contributed by atoms with E-state index in [0.717, 1.165) is 22.4 Å². The number of nitrogens with one attached hydrogen (secondary N) is 1. The van der Waals surface area contributed by atoms with Crippen LogP contribution in [0.1, 0.15) is 11.1 Å². The lowest BCUT2D eigenvalue weighted by atomic mass is 10.1. The summed E-state index contributed by atoms with van der Waals surface area (Å²) in [4.78, 5) is 16.8. The number of fused-ring (bicyclic) bond motifs is 1. The van der Waals surface area contributed by atoms with Crippen LogP contribution in [0.2, 0.25) is 0 Å². The molecule has 1 aromatic heterocycles. The minimum atomic E-state index is -0.242. The van der Waals surface area contributed by atoms with Gasteiger partial charge in [0.25, 0.3) is 5.91 Å². The van der Waals surface area contributed by atoms with Gasteiger partial charge in [-0.3, -0.25) is 4.79 Å². The Bertz CT molecular complexity index is 1200. The lowest BCUT2D eigenvalue weighted by Crippen LogP contribution is -2.20. The second kappa shape index (κ2) is 8.29. The van der Waals surface area contributed by atoms with Crippen molar-refractivity contribution in [2.45, 2.75) is 13.8 Å². The van der Waals surface area contributed by atoms with Gasteiger partial charge >= 0.3 is 0 Å². The average molecular weight is 402 g/mol. The molecule has 0 atom stereocenters. The van der Waals surface area contributed by atoms with Crippen molar-refractivity contribution < 1.29 is 18.7 Å². The van der Waals surface area contributed by atoms with Crippen LogP contribution in [-0.4, -0.2) is 24.6 Å². The first-order chi connectivity index (χ1) is 14.5. The maximum Gasteiger partial charge on any atom is 0.262 e. The highest BCUT2D eigenvalue weighted by molar-refractivity contribution is 5.94. The summed E-state index contributed by atoms with van der Waals surface area (Å²) in [6.45, 7) is 3.90. The highest BCUT2D eigenvalue weighted by atomic mass is 16.5. The van der Waals surface area contributed by atoms with E-state index in [1.165, 1.54) is 0 Å². The number of anilines is 1. The highest BCUT2D eigenvalue weighted by Crippen LogP contribution is 2.27. The first-order valence-corrected chi connectivity index (χ1v) is 9.57. The molecule has 1 amide bonds. The Kier molecular flexibility index (Phi) is 5.39. The average Bonchev–Trinajstić information content (AvgIpc) is 3.16. The van der Waals surface area contributed by atoms with Crippen LogP contribution in [-0.2, 0) is 4.79 Å². The van der Waals surface area contributed by atoms with E-state index in [1.807, 2.05) is 56.3 Å². The van der Waals surface area contributed by atoms with Crippen molar-refractivity contribution in [3.05, 3.63) is 71.8 Å². The number of rotatable bonds is 6. The molecular formula is C24H22N2O4. The Morgan fingerprint density at radius 3 is 2.57 bits per heavy atom. The summed E-state index contributed by atoms with van der Waals surface area (Å²) in [5.41, 5.74) is 4.93. The van der Waals surface area contributed by atoms with Crippen molar-refractivity contribution in [1.82, 2.24) is 4.98 Å². The van der Waals surface area contributed by atoms with Gasteiger partial charge in [-0.05, 0) is 67.9 Å². The SMILES string of the molecule is COc1ccc(-c2nc3cc(NC(=O)COc4ccc(C)cc4C)ccc3o2)cc1. The summed E-state index contributed by atoms with van der Waals surface area (Å²) < 4.78 is 16.6. The van der Waals surface area contributed by atoms with Crippen LogP contribution in [0.4, 0.5) is 5.69 Å². The van der Waals surface area contributed by atoms with Crippen molar-refractivity contribution in [2.24, 2.45) is 0 Å². The van der Waals surface area contributed by atoms with E-state index in [-0.39, 0.29) is 12.5 Å². The van der Waals surface area contributed by atoms with Crippen molar-refractivity contribution >= 4 is 22.7 Å². The molecule has 3 aromatic carbocycles. The van der Waals surface area contributed by atoms with Gasteiger partial charge in [0.2, 0.25) is 5.89 Å². The number of carbonyl (C=O) groups is 1. The van der Waals surface area contributed by atoms with Crippen LogP contribution in [0, 0.1) is 13.8 Å². The maximum atomic E-state index is 12.3. The molecule has 6 heteroatoms. The largest absolute Gasteiger partial charge is 0.497 e. The summed E-state index contributed by atoms with van der Waals surface area (Å²) in [5, 5.41) is 2.84. The van der Waals surface area contributed by atoms with Gasteiger partial charge in [-0.15, -0.1) is 0 Å². The molecule has 0 fully saturated rings. The zero-order valence-electron chi connectivity index (χ0n) is 17.1. The lowest BCUT2D eigenvalue weighted by molar-refractivity contribution is -0.118. The van der Waals surface area contributed by atoms with E-state index < -0.39 is 0 Å². The molecule has 1 heterocycles. The molecule has 0 unspecified atom stereocenters. The molecule has 30 heavy (non-hydrogen) atoms. The number of methoxy groups -OCH3 is 1. The third kappa shape index (κ3) is 4.27. The molecule has 4 aromatic rings. The molecule has 0 bridgehead atoms. The van der Waals surface area contributed by atoms with Crippen LogP contribution in [0.15, 0.2) is 65.1 Å². The monoisotopic (exact) mass is 402 g/mol. The number of aryl methyl sites for hydroxylation is 2. The fourth-order valence-corrected chi connectivity index (χ4v) is 3.16. The minimum Gasteiger partial charge on any atom is -0.497 e. The van der Waals surface area contributed by atoms with Crippen LogP contribution in [0.5, 0.6) is 11.5 Å². The third-order valence-corrected chi connectivity index (χ3v) is 4.70. The smallest absolute Gasteiger partial charge is 0.262 e. The van der Waals surface area contributed by atoms with Gasteiger partial charge in [-0.2, -0.15) is 0 Å². The summed E-state index contributed by atoms with van der Waals surface area (Å²) in [6, 6.07) is 18.7. The van der Waals surface area contributed by atoms with Crippen molar-refractivity contribution in [3.8, 4) is 23.0 Å². The zero-order chi connectivity index (χ0) is 21.1. The van der Waals surface area contributed by atoms with E-state index in [0.29, 0.717) is 28.4 Å². The highest BCUT2D eigenvalue weighted by Gasteiger charge is 2.11. The number of amides is 1. The van der Waals surface area contributed by atoms with Crippen LogP contribution in [0.25, 0.3) is 22.6 Å². The Labute approximate surface area is 174 Å². The van der Waals surface area contributed by atoms with E-state index >= 15 is 0 Å². The number of ether oxygens (including phenoxy) is 2. The van der Waals surface area contributed by atoms with Gasteiger partial charge in [0.05, 0.1) is 7.11 Å². The molecule has 0 aliphatic rings. The van der Waals surface area contributed by atoms with E-state index in [2.05, 4.69) is 10.3 Å². The van der Waals surface area contributed by atoms with E-state index in [4.69, 9.17) is 13.9 Å². The number of oxazole rings is 1. The van der Waals surface area contributed by atoms with Gasteiger partial charge in [0.15, 0.2) is 12.2 Å². The molecule has 4 rings (SSSR count). The van der Waals surface area contributed by atoms with Crippen molar-refractivity contribution in [3.63, 3.8) is 0 Å². The molecule has 0 saturated carbocycles. The standard InChI is InChI=1S/C24H22N2O4/c1-15-4-10-21(16(2)12-15)29-14-23(27)25-18-7-11-22-20(13-18)26-24(30-22)17-5-8-19(28-3)9-6-17/h4-13H,14H2,1-3H3,(H,25,27). The van der Waals surface area contributed by atoms with E-state index in [1.54, 1.807) is 25.3 Å². The normalized spacial score (nSPS) is 10.8. The number of aromatic nitrogens is 1. The summed E-state index contributed by atoms with van der Waals surface area (Å²) >= 11 is 0. The number of hydrogen-bond acceptors (Lipinski definition) is 5. The lowest BCUT2D eigenvalue weighted by Gasteiger charge is -2.10. The number of benzene rings is 3. The second-order valence-corrected chi connectivity index (χ2v) is 7.04. The van der Waals surface area contributed by atoms with Gasteiger partial charge in [-0.1, -0.05) is 17.7 Å². The van der Waals surface area contributed by atoms with Crippen LogP contribution >= 0.6 is 0 Å². The first kappa shape index (κ1) is 19.5. The van der Waals surface area contributed by atoms with Crippen molar-refractivity contribution in [1.29, 1.82) is 0 Å². The predicted octanol–water partition coefficient (Wildman–Crippen LogP) is 5.14. The molecule has 0 radical (unpaired) electrons. The summed E-state index contributed by atoms with van der Waals surface area (Å²) in [5.74, 6) is 1.73. The fourth-order valence-electron chi connectivity index (χ4n) is 3.16. The van der Waals surface area contributed by atoms with Crippen molar-refractivity contribution in [2.75, 3.05) is 19.0 Å². The molecule has 0 aliphatic carbocycles. The molecule has 6 nitrogen and oxygen atoms in total. The molecule has 0 aliphatic heterocycles. The zero-order valence-corrected chi connectivity index (χ0v) is 17.1. The molecule has 0 spiro atoms.